The number of thiophene rings is 1. The molecule has 1 amide bonds. The molecule has 4 rings (SSSR count). The first-order valence-corrected chi connectivity index (χ1v) is 7.04. The van der Waals surface area contributed by atoms with Crippen molar-refractivity contribution in [3.63, 3.8) is 0 Å². The van der Waals surface area contributed by atoms with Gasteiger partial charge in [-0.25, -0.2) is 0 Å². The zero-order chi connectivity index (χ0) is 13.7. The Bertz CT molecular complexity index is 711. The van der Waals surface area contributed by atoms with Gasteiger partial charge in [-0.15, -0.1) is 11.3 Å². The maximum atomic E-state index is 12.3. The van der Waals surface area contributed by atoms with Gasteiger partial charge in [-0.05, 0) is 29.2 Å². The predicted molar refractivity (Wildman–Crippen MR) is 74.6 cm³/mol. The first kappa shape index (κ1) is 11.4. The fourth-order valence-corrected chi connectivity index (χ4v) is 3.42. The lowest BCUT2D eigenvalue weighted by atomic mass is 10.1. The lowest BCUT2D eigenvalue weighted by Crippen LogP contribution is -2.16. The van der Waals surface area contributed by atoms with E-state index in [4.69, 9.17) is 4.42 Å². The van der Waals surface area contributed by atoms with E-state index in [0.29, 0.717) is 22.6 Å². The molecule has 1 N–H and O–H groups in total. The summed E-state index contributed by atoms with van der Waals surface area (Å²) in [5.41, 5.74) is 2.28. The third kappa shape index (κ3) is 1.47. The van der Waals surface area contributed by atoms with Crippen LogP contribution in [-0.4, -0.2) is 11.7 Å². The van der Waals surface area contributed by atoms with Crippen LogP contribution in [-0.2, 0) is 9.59 Å². The van der Waals surface area contributed by atoms with E-state index in [1.165, 1.54) is 17.6 Å². The van der Waals surface area contributed by atoms with Crippen LogP contribution in [0.2, 0.25) is 0 Å². The highest BCUT2D eigenvalue weighted by Crippen LogP contribution is 2.43. The van der Waals surface area contributed by atoms with E-state index in [0.717, 1.165) is 10.5 Å². The lowest BCUT2D eigenvalue weighted by Gasteiger charge is -2.01. The molecule has 1 aliphatic heterocycles. The number of rotatable bonds is 2. The van der Waals surface area contributed by atoms with Crippen molar-refractivity contribution in [1.29, 1.82) is 0 Å². The predicted octanol–water partition coefficient (Wildman–Crippen LogP) is 2.61. The Kier molecular flexibility index (Phi) is 2.31. The Morgan fingerprint density at radius 1 is 1.15 bits per heavy atom. The van der Waals surface area contributed by atoms with E-state index >= 15 is 0 Å². The van der Waals surface area contributed by atoms with Gasteiger partial charge in [0.15, 0.2) is 11.5 Å². The highest BCUT2D eigenvalue weighted by Gasteiger charge is 2.41. The smallest absolute Gasteiger partial charge is 0.256 e. The molecule has 2 aromatic heterocycles. The molecular formula is C15H9NO3S. The normalized spacial score (nSPS) is 18.0. The number of hydrogen-bond acceptors (Lipinski definition) is 4. The summed E-state index contributed by atoms with van der Waals surface area (Å²) in [6.45, 7) is 0. The minimum atomic E-state index is -0.222. The van der Waals surface area contributed by atoms with Crippen LogP contribution in [0.4, 0.5) is 0 Å². The Morgan fingerprint density at radius 2 is 2.05 bits per heavy atom. The summed E-state index contributed by atoms with van der Waals surface area (Å²) in [4.78, 5) is 25.5. The van der Waals surface area contributed by atoms with Crippen molar-refractivity contribution in [3.8, 4) is 0 Å². The third-order valence-corrected chi connectivity index (χ3v) is 4.40. The minimum Gasteiger partial charge on any atom is -0.463 e. The van der Waals surface area contributed by atoms with Gasteiger partial charge < -0.3 is 9.73 Å². The van der Waals surface area contributed by atoms with Crippen LogP contribution in [0.5, 0.6) is 0 Å². The maximum Gasteiger partial charge on any atom is 0.256 e. The molecule has 1 aliphatic carbocycles. The molecule has 98 valence electrons. The fraction of sp³-hybridized carbons (Fsp3) is 0.0667. The molecule has 0 radical (unpaired) electrons. The van der Waals surface area contributed by atoms with Crippen molar-refractivity contribution in [2.75, 3.05) is 0 Å². The molecule has 2 aliphatic rings. The van der Waals surface area contributed by atoms with Crippen LogP contribution in [0.1, 0.15) is 17.1 Å². The van der Waals surface area contributed by atoms with Crippen LogP contribution >= 0.6 is 11.3 Å². The monoisotopic (exact) mass is 283 g/mol. The summed E-state index contributed by atoms with van der Waals surface area (Å²) in [5.74, 6) is 0.262. The number of amides is 1. The Morgan fingerprint density at radius 3 is 2.75 bits per heavy atom. The SMILES string of the molecule is O=C1CC(c2cccs2)=C2C(=O)NC(c3ccco3)=C12. The van der Waals surface area contributed by atoms with Crippen molar-refractivity contribution in [2.45, 2.75) is 6.42 Å². The quantitative estimate of drug-likeness (QED) is 0.921. The number of carbonyl (C=O) groups is 2. The molecule has 3 heterocycles. The second-order valence-corrected chi connectivity index (χ2v) is 5.56. The molecule has 20 heavy (non-hydrogen) atoms. The van der Waals surface area contributed by atoms with Gasteiger partial charge in [-0.2, -0.15) is 0 Å². The third-order valence-electron chi connectivity index (χ3n) is 3.47. The van der Waals surface area contributed by atoms with Gasteiger partial charge in [0.1, 0.15) is 0 Å². The molecule has 0 spiro atoms. The highest BCUT2D eigenvalue weighted by molar-refractivity contribution is 7.11. The van der Waals surface area contributed by atoms with Gasteiger partial charge in [0.05, 0.1) is 23.1 Å². The first-order chi connectivity index (χ1) is 9.75. The summed E-state index contributed by atoms with van der Waals surface area (Å²) in [6.07, 6.45) is 1.80. The van der Waals surface area contributed by atoms with Crippen LogP contribution in [0.15, 0.2) is 51.5 Å². The standard InChI is InChI=1S/C15H9NO3S/c17-9-7-8(11-4-2-6-20-11)12-13(9)14(16-15(12)18)10-3-1-5-19-10/h1-6H,7H2,(H,16,18). The topological polar surface area (TPSA) is 59.3 Å². The van der Waals surface area contributed by atoms with E-state index < -0.39 is 0 Å². The molecule has 0 aromatic carbocycles. The van der Waals surface area contributed by atoms with Crippen molar-refractivity contribution < 1.29 is 14.0 Å². The molecule has 0 atom stereocenters. The van der Waals surface area contributed by atoms with Gasteiger partial charge in [-0.1, -0.05) is 6.07 Å². The summed E-state index contributed by atoms with van der Waals surface area (Å²) < 4.78 is 5.30. The largest absolute Gasteiger partial charge is 0.463 e. The summed E-state index contributed by atoms with van der Waals surface area (Å²) in [5, 5.41) is 4.69. The van der Waals surface area contributed by atoms with E-state index in [9.17, 15) is 9.59 Å². The number of allylic oxidation sites excluding steroid dienone is 1. The average Bonchev–Trinajstić information content (AvgIpc) is 3.17. The lowest BCUT2D eigenvalue weighted by molar-refractivity contribution is -0.116. The van der Waals surface area contributed by atoms with Crippen LogP contribution < -0.4 is 5.32 Å². The number of hydrogen-bond donors (Lipinski definition) is 1. The maximum absolute atomic E-state index is 12.3. The molecule has 0 bridgehead atoms. The summed E-state index contributed by atoms with van der Waals surface area (Å²) in [6, 6.07) is 7.32. The molecule has 0 unspecified atom stereocenters. The van der Waals surface area contributed by atoms with Gasteiger partial charge in [0.25, 0.3) is 5.91 Å². The molecule has 0 saturated heterocycles. The van der Waals surface area contributed by atoms with E-state index in [1.54, 1.807) is 12.1 Å². The number of fused-ring (bicyclic) bond motifs is 1. The Hall–Kier alpha value is -2.40. The van der Waals surface area contributed by atoms with Gasteiger partial charge in [0.2, 0.25) is 0 Å². The van der Waals surface area contributed by atoms with Crippen molar-refractivity contribution in [1.82, 2.24) is 5.32 Å². The minimum absolute atomic E-state index is 0.0341. The zero-order valence-electron chi connectivity index (χ0n) is 10.3. The Balaban J connectivity index is 1.95. The number of nitrogens with one attached hydrogen (secondary N) is 1. The number of carbonyl (C=O) groups excluding carboxylic acids is 2. The van der Waals surface area contributed by atoms with Crippen molar-refractivity contribution >= 4 is 34.3 Å². The van der Waals surface area contributed by atoms with Gasteiger partial charge in [0, 0.05) is 11.3 Å². The molecule has 0 saturated carbocycles. The number of ketones is 1. The molecule has 0 fully saturated rings. The van der Waals surface area contributed by atoms with Gasteiger partial charge in [-0.3, -0.25) is 9.59 Å². The molecular weight excluding hydrogens is 274 g/mol. The van der Waals surface area contributed by atoms with E-state index in [2.05, 4.69) is 5.32 Å². The zero-order valence-corrected chi connectivity index (χ0v) is 11.1. The van der Waals surface area contributed by atoms with Crippen LogP contribution in [0.25, 0.3) is 11.3 Å². The van der Waals surface area contributed by atoms with Crippen LogP contribution in [0, 0.1) is 0 Å². The van der Waals surface area contributed by atoms with E-state index in [-0.39, 0.29) is 18.1 Å². The van der Waals surface area contributed by atoms with Crippen molar-refractivity contribution in [3.05, 3.63) is 57.7 Å². The van der Waals surface area contributed by atoms with Crippen molar-refractivity contribution in [2.24, 2.45) is 0 Å². The van der Waals surface area contributed by atoms with Gasteiger partial charge >= 0.3 is 0 Å². The first-order valence-electron chi connectivity index (χ1n) is 6.16. The van der Waals surface area contributed by atoms with Crippen LogP contribution in [0.3, 0.4) is 0 Å². The Labute approximate surface area is 118 Å². The van der Waals surface area contributed by atoms with E-state index in [1.807, 2.05) is 17.5 Å². The molecule has 4 nitrogen and oxygen atoms in total. The molecule has 2 aromatic rings. The second-order valence-electron chi connectivity index (χ2n) is 4.61. The highest BCUT2D eigenvalue weighted by atomic mass is 32.1. The summed E-state index contributed by atoms with van der Waals surface area (Å²) >= 11 is 1.54. The number of furan rings is 1. The summed E-state index contributed by atoms with van der Waals surface area (Å²) in [7, 11) is 0. The second kappa shape index (κ2) is 4.05. The number of Topliss-reactive ketones (excluding diaryl/α,β-unsaturated/α-hetero) is 1. The fourth-order valence-electron chi connectivity index (χ4n) is 2.65. The molecule has 5 heteroatoms. The average molecular weight is 283 g/mol.